The molecule has 1 aromatic carbocycles. The fourth-order valence-electron chi connectivity index (χ4n) is 1.49. The summed E-state index contributed by atoms with van der Waals surface area (Å²) in [5.41, 5.74) is 3.79. The smallest absolute Gasteiger partial charge is 0.0470 e. The molecule has 0 bridgehead atoms. The lowest BCUT2D eigenvalue weighted by atomic mass is 10.2. The molecule has 2 heteroatoms. The van der Waals surface area contributed by atoms with Gasteiger partial charge in [0.05, 0.1) is 0 Å². The summed E-state index contributed by atoms with van der Waals surface area (Å²) in [6, 6.07) is 6.21. The molecule has 0 radical (unpaired) electrons. The number of hydrogen-bond acceptors (Lipinski definition) is 0. The molecule has 12 heavy (non-hydrogen) atoms. The Morgan fingerprint density at radius 3 is 2.67 bits per heavy atom. The standard InChI is InChI=1S/C10H10BrN/c1-6-7(2)12-9-5-3-4-8(11)10(6)9/h3-5,12H,1-2H3. The van der Waals surface area contributed by atoms with E-state index < -0.39 is 0 Å². The predicted octanol–water partition coefficient (Wildman–Crippen LogP) is 3.55. The zero-order valence-electron chi connectivity index (χ0n) is 7.11. The number of aromatic nitrogens is 1. The fourth-order valence-corrected chi connectivity index (χ4v) is 2.16. The van der Waals surface area contributed by atoms with Crippen LogP contribution in [0.2, 0.25) is 0 Å². The lowest BCUT2D eigenvalue weighted by Gasteiger charge is -1.94. The molecule has 0 atom stereocenters. The van der Waals surface area contributed by atoms with Crippen LogP contribution in [0.15, 0.2) is 22.7 Å². The number of benzene rings is 1. The first-order chi connectivity index (χ1) is 5.70. The minimum absolute atomic E-state index is 1.17. The molecular weight excluding hydrogens is 214 g/mol. The summed E-state index contributed by atoms with van der Waals surface area (Å²) in [4.78, 5) is 3.34. The largest absolute Gasteiger partial charge is 0.358 e. The first-order valence-electron chi connectivity index (χ1n) is 3.93. The Morgan fingerprint density at radius 2 is 2.00 bits per heavy atom. The van der Waals surface area contributed by atoms with Crippen LogP contribution in [0, 0.1) is 13.8 Å². The Balaban J connectivity index is 2.97. The third-order valence-electron chi connectivity index (χ3n) is 2.27. The summed E-state index contributed by atoms with van der Waals surface area (Å²) >= 11 is 3.54. The molecule has 2 aromatic rings. The normalized spacial score (nSPS) is 10.9. The predicted molar refractivity (Wildman–Crippen MR) is 55.5 cm³/mol. The quantitative estimate of drug-likeness (QED) is 0.704. The van der Waals surface area contributed by atoms with Gasteiger partial charge in [0.2, 0.25) is 0 Å². The van der Waals surface area contributed by atoms with Crippen molar-refractivity contribution in [1.29, 1.82) is 0 Å². The van der Waals surface area contributed by atoms with Gasteiger partial charge >= 0.3 is 0 Å². The maximum atomic E-state index is 3.54. The average Bonchev–Trinajstić information content (AvgIpc) is 2.29. The van der Waals surface area contributed by atoms with Gasteiger partial charge in [-0.25, -0.2) is 0 Å². The van der Waals surface area contributed by atoms with Crippen LogP contribution < -0.4 is 0 Å². The highest BCUT2D eigenvalue weighted by molar-refractivity contribution is 9.10. The highest BCUT2D eigenvalue weighted by atomic mass is 79.9. The third kappa shape index (κ3) is 0.985. The zero-order valence-corrected chi connectivity index (χ0v) is 8.70. The highest BCUT2D eigenvalue weighted by Gasteiger charge is 2.05. The van der Waals surface area contributed by atoms with Crippen LogP contribution in [0.5, 0.6) is 0 Å². The number of rotatable bonds is 0. The summed E-state index contributed by atoms with van der Waals surface area (Å²) in [7, 11) is 0. The molecular formula is C10H10BrN. The van der Waals surface area contributed by atoms with E-state index in [9.17, 15) is 0 Å². The van der Waals surface area contributed by atoms with Crippen molar-refractivity contribution in [2.24, 2.45) is 0 Å². The van der Waals surface area contributed by atoms with E-state index >= 15 is 0 Å². The molecule has 0 aliphatic carbocycles. The Kier molecular flexibility index (Phi) is 1.72. The molecule has 0 amide bonds. The molecule has 62 valence electrons. The van der Waals surface area contributed by atoms with E-state index in [1.54, 1.807) is 0 Å². The molecule has 0 unspecified atom stereocenters. The average molecular weight is 224 g/mol. The zero-order chi connectivity index (χ0) is 8.72. The van der Waals surface area contributed by atoms with Gasteiger partial charge in [-0.1, -0.05) is 22.0 Å². The van der Waals surface area contributed by atoms with Crippen LogP contribution in [0.4, 0.5) is 0 Å². The van der Waals surface area contributed by atoms with Gasteiger partial charge in [0.15, 0.2) is 0 Å². The molecule has 0 spiro atoms. The molecule has 1 nitrogen and oxygen atoms in total. The molecule has 0 saturated heterocycles. The number of hydrogen-bond donors (Lipinski definition) is 1. The van der Waals surface area contributed by atoms with E-state index in [2.05, 4.69) is 46.9 Å². The first-order valence-corrected chi connectivity index (χ1v) is 4.73. The van der Waals surface area contributed by atoms with Gasteiger partial charge in [-0.15, -0.1) is 0 Å². The second-order valence-electron chi connectivity index (χ2n) is 3.04. The van der Waals surface area contributed by atoms with Crippen LogP contribution >= 0.6 is 15.9 Å². The Bertz CT molecular complexity index is 429. The number of aryl methyl sites for hydroxylation is 2. The van der Waals surface area contributed by atoms with E-state index in [-0.39, 0.29) is 0 Å². The van der Waals surface area contributed by atoms with Crippen molar-refractivity contribution in [3.8, 4) is 0 Å². The first kappa shape index (κ1) is 7.87. The van der Waals surface area contributed by atoms with Crippen molar-refractivity contribution < 1.29 is 0 Å². The molecule has 0 saturated carbocycles. The Morgan fingerprint density at radius 1 is 1.25 bits per heavy atom. The van der Waals surface area contributed by atoms with Gasteiger partial charge in [0.1, 0.15) is 0 Å². The second kappa shape index (κ2) is 2.63. The van der Waals surface area contributed by atoms with Crippen LogP contribution in [0.3, 0.4) is 0 Å². The number of aromatic amines is 1. The van der Waals surface area contributed by atoms with Crippen LogP contribution in [0.1, 0.15) is 11.3 Å². The molecule has 1 heterocycles. The third-order valence-corrected chi connectivity index (χ3v) is 2.93. The monoisotopic (exact) mass is 223 g/mol. The highest BCUT2D eigenvalue weighted by Crippen LogP contribution is 2.28. The molecule has 1 N–H and O–H groups in total. The molecule has 1 aromatic heterocycles. The number of nitrogens with one attached hydrogen (secondary N) is 1. The van der Waals surface area contributed by atoms with E-state index in [0.29, 0.717) is 0 Å². The van der Waals surface area contributed by atoms with Crippen molar-refractivity contribution in [2.75, 3.05) is 0 Å². The lowest BCUT2D eigenvalue weighted by molar-refractivity contribution is 1.25. The van der Waals surface area contributed by atoms with E-state index in [1.165, 1.54) is 26.6 Å². The fraction of sp³-hybridized carbons (Fsp3) is 0.200. The second-order valence-corrected chi connectivity index (χ2v) is 3.89. The number of halogens is 1. The van der Waals surface area contributed by atoms with Crippen molar-refractivity contribution in [3.05, 3.63) is 33.9 Å². The Labute approximate surface area is 79.9 Å². The van der Waals surface area contributed by atoms with Crippen LogP contribution in [-0.4, -0.2) is 4.98 Å². The van der Waals surface area contributed by atoms with Gasteiger partial charge in [-0.2, -0.15) is 0 Å². The van der Waals surface area contributed by atoms with Crippen molar-refractivity contribution in [2.45, 2.75) is 13.8 Å². The van der Waals surface area contributed by atoms with Crippen molar-refractivity contribution >= 4 is 26.8 Å². The summed E-state index contributed by atoms with van der Waals surface area (Å²) in [6.45, 7) is 4.24. The van der Waals surface area contributed by atoms with Crippen LogP contribution in [0.25, 0.3) is 10.9 Å². The molecule has 0 aliphatic heterocycles. The minimum Gasteiger partial charge on any atom is -0.358 e. The lowest BCUT2D eigenvalue weighted by Crippen LogP contribution is -1.72. The topological polar surface area (TPSA) is 15.8 Å². The van der Waals surface area contributed by atoms with Crippen LogP contribution in [-0.2, 0) is 0 Å². The number of H-pyrrole nitrogens is 1. The SMILES string of the molecule is Cc1[nH]c2cccc(Br)c2c1C. The van der Waals surface area contributed by atoms with E-state index in [1.807, 2.05) is 6.07 Å². The molecule has 0 fully saturated rings. The van der Waals surface area contributed by atoms with Crippen molar-refractivity contribution in [1.82, 2.24) is 4.98 Å². The van der Waals surface area contributed by atoms with Gasteiger partial charge in [-0.05, 0) is 31.5 Å². The summed E-state index contributed by atoms with van der Waals surface area (Å²) < 4.78 is 1.17. The summed E-state index contributed by atoms with van der Waals surface area (Å²) in [6.07, 6.45) is 0. The maximum Gasteiger partial charge on any atom is 0.0470 e. The van der Waals surface area contributed by atoms with E-state index in [4.69, 9.17) is 0 Å². The van der Waals surface area contributed by atoms with Gasteiger partial charge in [0.25, 0.3) is 0 Å². The van der Waals surface area contributed by atoms with E-state index in [0.717, 1.165) is 0 Å². The maximum absolute atomic E-state index is 3.54. The molecule has 0 aliphatic rings. The van der Waals surface area contributed by atoms with Gasteiger partial charge < -0.3 is 4.98 Å². The van der Waals surface area contributed by atoms with Crippen molar-refractivity contribution in [3.63, 3.8) is 0 Å². The van der Waals surface area contributed by atoms with Gasteiger partial charge in [-0.3, -0.25) is 0 Å². The summed E-state index contributed by atoms with van der Waals surface area (Å²) in [5.74, 6) is 0. The number of fused-ring (bicyclic) bond motifs is 1. The summed E-state index contributed by atoms with van der Waals surface area (Å²) in [5, 5.41) is 1.30. The molecule has 2 rings (SSSR count). The van der Waals surface area contributed by atoms with Gasteiger partial charge in [0, 0.05) is 21.1 Å². The minimum atomic E-state index is 1.17. The Hall–Kier alpha value is -0.760.